The Morgan fingerprint density at radius 2 is 1.91 bits per heavy atom. The van der Waals surface area contributed by atoms with Crippen molar-refractivity contribution in [3.8, 4) is 0 Å². The van der Waals surface area contributed by atoms with Gasteiger partial charge in [0.05, 0.1) is 7.11 Å². The molecule has 11 heavy (non-hydrogen) atoms. The second kappa shape index (κ2) is 4.78. The van der Waals surface area contributed by atoms with E-state index in [9.17, 15) is 0 Å². The van der Waals surface area contributed by atoms with Crippen LogP contribution in [0.2, 0.25) is 0 Å². The molecule has 0 aliphatic carbocycles. The van der Waals surface area contributed by atoms with Crippen molar-refractivity contribution < 1.29 is 4.74 Å². The SMILES string of the molecule is C=C(C)C=C(OC)C(C)=CC. The van der Waals surface area contributed by atoms with Crippen molar-refractivity contribution in [1.29, 1.82) is 0 Å². The van der Waals surface area contributed by atoms with E-state index in [1.54, 1.807) is 7.11 Å². The van der Waals surface area contributed by atoms with Crippen molar-refractivity contribution in [3.05, 3.63) is 35.6 Å². The van der Waals surface area contributed by atoms with Gasteiger partial charge in [-0.2, -0.15) is 0 Å². The highest BCUT2D eigenvalue weighted by atomic mass is 16.5. The summed E-state index contributed by atoms with van der Waals surface area (Å²) in [6.07, 6.45) is 3.94. The first-order valence-corrected chi connectivity index (χ1v) is 3.66. The Balaban J connectivity index is 4.53. The van der Waals surface area contributed by atoms with Crippen LogP contribution in [-0.4, -0.2) is 7.11 Å². The van der Waals surface area contributed by atoms with Crippen LogP contribution in [0.15, 0.2) is 35.6 Å². The minimum atomic E-state index is 0.889. The zero-order chi connectivity index (χ0) is 8.85. The van der Waals surface area contributed by atoms with Gasteiger partial charge in [0.25, 0.3) is 0 Å². The maximum atomic E-state index is 5.15. The van der Waals surface area contributed by atoms with Crippen molar-refractivity contribution >= 4 is 0 Å². The van der Waals surface area contributed by atoms with Crippen LogP contribution in [0.4, 0.5) is 0 Å². The summed E-state index contributed by atoms with van der Waals surface area (Å²) in [5.41, 5.74) is 2.14. The maximum absolute atomic E-state index is 5.15. The van der Waals surface area contributed by atoms with E-state index in [1.807, 2.05) is 32.9 Å². The molecule has 0 aromatic carbocycles. The van der Waals surface area contributed by atoms with Crippen LogP contribution in [0.3, 0.4) is 0 Å². The lowest BCUT2D eigenvalue weighted by Gasteiger charge is -2.05. The molecule has 0 N–H and O–H groups in total. The normalized spacial score (nSPS) is 13.1. The van der Waals surface area contributed by atoms with Gasteiger partial charge in [0, 0.05) is 0 Å². The summed E-state index contributed by atoms with van der Waals surface area (Å²) < 4.78 is 5.15. The highest BCUT2D eigenvalue weighted by molar-refractivity contribution is 5.29. The Morgan fingerprint density at radius 3 is 2.18 bits per heavy atom. The van der Waals surface area contributed by atoms with Crippen LogP contribution in [0.1, 0.15) is 20.8 Å². The van der Waals surface area contributed by atoms with Gasteiger partial charge in [0.15, 0.2) is 0 Å². The minimum absolute atomic E-state index is 0.889. The van der Waals surface area contributed by atoms with E-state index in [2.05, 4.69) is 6.58 Å². The number of hydrogen-bond acceptors (Lipinski definition) is 1. The Bertz CT molecular complexity index is 197. The summed E-state index contributed by atoms with van der Waals surface area (Å²) >= 11 is 0. The molecule has 0 saturated heterocycles. The molecule has 0 aromatic heterocycles. The molecule has 0 saturated carbocycles. The number of hydrogen-bond donors (Lipinski definition) is 0. The average molecular weight is 152 g/mol. The van der Waals surface area contributed by atoms with E-state index in [-0.39, 0.29) is 0 Å². The van der Waals surface area contributed by atoms with Crippen molar-refractivity contribution in [1.82, 2.24) is 0 Å². The Labute approximate surface area is 69.1 Å². The van der Waals surface area contributed by atoms with E-state index in [1.165, 1.54) is 0 Å². The quantitative estimate of drug-likeness (QED) is 0.446. The molecular formula is C10H16O. The zero-order valence-electron chi connectivity index (χ0n) is 7.77. The van der Waals surface area contributed by atoms with Gasteiger partial charge in [-0.3, -0.25) is 0 Å². The predicted molar refractivity (Wildman–Crippen MR) is 49.3 cm³/mol. The van der Waals surface area contributed by atoms with Gasteiger partial charge < -0.3 is 4.74 Å². The molecule has 0 radical (unpaired) electrons. The van der Waals surface area contributed by atoms with E-state index in [4.69, 9.17) is 4.74 Å². The van der Waals surface area contributed by atoms with Crippen LogP contribution >= 0.6 is 0 Å². The number of allylic oxidation sites excluding steroid dienone is 4. The van der Waals surface area contributed by atoms with E-state index < -0.39 is 0 Å². The number of ether oxygens (including phenoxy) is 1. The summed E-state index contributed by atoms with van der Waals surface area (Å²) in [6.45, 7) is 9.72. The standard InChI is InChI=1S/C10H16O/c1-6-9(4)10(11-5)7-8(2)3/h6-7H,2H2,1,3-5H3. The predicted octanol–water partition coefficient (Wildman–Crippen LogP) is 3.06. The van der Waals surface area contributed by atoms with Crippen LogP contribution in [0.25, 0.3) is 0 Å². The molecule has 0 amide bonds. The minimum Gasteiger partial charge on any atom is -0.496 e. The first-order valence-electron chi connectivity index (χ1n) is 3.66. The Kier molecular flexibility index (Phi) is 4.35. The third-order valence-electron chi connectivity index (χ3n) is 1.42. The summed E-state index contributed by atoms with van der Waals surface area (Å²) in [6, 6.07) is 0. The second-order valence-corrected chi connectivity index (χ2v) is 2.53. The third kappa shape index (κ3) is 3.66. The van der Waals surface area contributed by atoms with Crippen molar-refractivity contribution in [2.75, 3.05) is 7.11 Å². The van der Waals surface area contributed by atoms with Crippen LogP contribution in [0, 0.1) is 0 Å². The first-order chi connectivity index (χ1) is 5.11. The fraction of sp³-hybridized carbons (Fsp3) is 0.400. The van der Waals surface area contributed by atoms with E-state index in [0.29, 0.717) is 0 Å². The molecule has 0 heterocycles. The molecule has 1 nitrogen and oxygen atoms in total. The van der Waals surface area contributed by atoms with Gasteiger partial charge in [-0.25, -0.2) is 0 Å². The summed E-state index contributed by atoms with van der Waals surface area (Å²) in [5, 5.41) is 0. The Hall–Kier alpha value is -0.980. The topological polar surface area (TPSA) is 9.23 Å². The second-order valence-electron chi connectivity index (χ2n) is 2.53. The van der Waals surface area contributed by atoms with E-state index in [0.717, 1.165) is 16.9 Å². The lowest BCUT2D eigenvalue weighted by Crippen LogP contribution is -1.88. The molecule has 0 fully saturated rings. The highest BCUT2D eigenvalue weighted by Gasteiger charge is 1.96. The fourth-order valence-corrected chi connectivity index (χ4v) is 0.700. The van der Waals surface area contributed by atoms with Crippen LogP contribution in [0.5, 0.6) is 0 Å². The van der Waals surface area contributed by atoms with Gasteiger partial charge in [0.1, 0.15) is 5.76 Å². The van der Waals surface area contributed by atoms with Gasteiger partial charge in [-0.15, -0.1) is 0 Å². The summed E-state index contributed by atoms with van der Waals surface area (Å²) in [4.78, 5) is 0. The van der Waals surface area contributed by atoms with Gasteiger partial charge in [-0.1, -0.05) is 18.2 Å². The highest BCUT2D eigenvalue weighted by Crippen LogP contribution is 2.11. The molecular weight excluding hydrogens is 136 g/mol. The number of rotatable bonds is 3. The molecule has 0 bridgehead atoms. The monoisotopic (exact) mass is 152 g/mol. The molecule has 1 heteroatoms. The van der Waals surface area contributed by atoms with Gasteiger partial charge in [0.2, 0.25) is 0 Å². The molecule has 0 aliphatic heterocycles. The third-order valence-corrected chi connectivity index (χ3v) is 1.42. The average Bonchev–Trinajstić information content (AvgIpc) is 1.98. The largest absolute Gasteiger partial charge is 0.496 e. The Morgan fingerprint density at radius 1 is 1.36 bits per heavy atom. The molecule has 0 unspecified atom stereocenters. The van der Waals surface area contributed by atoms with Gasteiger partial charge in [-0.05, 0) is 32.4 Å². The summed E-state index contributed by atoms with van der Waals surface area (Å²) in [5.74, 6) is 0.889. The maximum Gasteiger partial charge on any atom is 0.121 e. The number of methoxy groups -OCH3 is 1. The molecule has 62 valence electrons. The fourth-order valence-electron chi connectivity index (χ4n) is 0.700. The molecule has 0 atom stereocenters. The lowest BCUT2D eigenvalue weighted by atomic mass is 10.2. The van der Waals surface area contributed by atoms with Crippen molar-refractivity contribution in [2.24, 2.45) is 0 Å². The van der Waals surface area contributed by atoms with Crippen LogP contribution < -0.4 is 0 Å². The molecule has 0 rings (SSSR count). The first kappa shape index (κ1) is 10.0. The lowest BCUT2D eigenvalue weighted by molar-refractivity contribution is 0.300. The zero-order valence-corrected chi connectivity index (χ0v) is 7.77. The molecule has 0 spiro atoms. The van der Waals surface area contributed by atoms with Crippen LogP contribution in [-0.2, 0) is 4.74 Å². The molecule has 0 aliphatic rings. The van der Waals surface area contributed by atoms with Crippen molar-refractivity contribution in [3.63, 3.8) is 0 Å². The van der Waals surface area contributed by atoms with E-state index >= 15 is 0 Å². The summed E-state index contributed by atoms with van der Waals surface area (Å²) in [7, 11) is 1.67. The molecule has 0 aromatic rings. The van der Waals surface area contributed by atoms with Gasteiger partial charge >= 0.3 is 0 Å². The van der Waals surface area contributed by atoms with Crippen molar-refractivity contribution in [2.45, 2.75) is 20.8 Å². The smallest absolute Gasteiger partial charge is 0.121 e.